The highest BCUT2D eigenvalue weighted by atomic mass is 15.3. The van der Waals surface area contributed by atoms with Crippen molar-refractivity contribution in [2.24, 2.45) is 5.73 Å². The fourth-order valence-corrected chi connectivity index (χ4v) is 2.13. The minimum absolute atomic E-state index is 0.201. The van der Waals surface area contributed by atoms with Crippen LogP contribution in [0.1, 0.15) is 43.2 Å². The van der Waals surface area contributed by atoms with Crippen molar-refractivity contribution in [3.8, 4) is 0 Å². The lowest BCUT2D eigenvalue weighted by atomic mass is 9.87. The van der Waals surface area contributed by atoms with Gasteiger partial charge in [-0.05, 0) is 23.5 Å². The van der Waals surface area contributed by atoms with Crippen molar-refractivity contribution in [2.75, 3.05) is 0 Å². The minimum atomic E-state index is 0.201. The Balaban J connectivity index is 2.17. The molecule has 3 nitrogen and oxygen atoms in total. The number of hydrogen-bond acceptors (Lipinski definition) is 2. The normalized spacial score (nSPS) is 11.8. The lowest BCUT2D eigenvalue weighted by molar-refractivity contribution is 0.589. The molecule has 19 heavy (non-hydrogen) atoms. The second-order valence-corrected chi connectivity index (χ2v) is 6.06. The summed E-state index contributed by atoms with van der Waals surface area (Å²) in [5, 5.41) is 4.39. The van der Waals surface area contributed by atoms with Crippen molar-refractivity contribution in [1.29, 1.82) is 0 Å². The molecular formula is C16H23N3. The molecule has 1 aromatic heterocycles. The Morgan fingerprint density at radius 3 is 2.26 bits per heavy atom. The molecule has 0 aliphatic rings. The van der Waals surface area contributed by atoms with E-state index in [0.717, 1.165) is 17.8 Å². The first kappa shape index (κ1) is 13.8. The summed E-state index contributed by atoms with van der Waals surface area (Å²) in [5.74, 6) is 0. The number of nitrogens with zero attached hydrogens (tertiary/aromatic N) is 2. The summed E-state index contributed by atoms with van der Waals surface area (Å²) in [4.78, 5) is 0. The molecule has 0 aliphatic carbocycles. The van der Waals surface area contributed by atoms with Gasteiger partial charge in [0, 0.05) is 17.8 Å². The number of aromatic nitrogens is 2. The molecule has 0 saturated carbocycles. The minimum Gasteiger partial charge on any atom is -0.326 e. The average molecular weight is 257 g/mol. The molecule has 1 heterocycles. The summed E-state index contributed by atoms with van der Waals surface area (Å²) in [7, 11) is 0. The molecule has 3 heteroatoms. The molecule has 0 saturated heterocycles. The van der Waals surface area contributed by atoms with E-state index < -0.39 is 0 Å². The molecule has 1 aromatic carbocycles. The first-order valence-corrected chi connectivity index (χ1v) is 6.72. The maximum atomic E-state index is 5.67. The Kier molecular flexibility index (Phi) is 3.76. The van der Waals surface area contributed by atoms with Crippen molar-refractivity contribution >= 4 is 0 Å². The van der Waals surface area contributed by atoms with Gasteiger partial charge in [-0.3, -0.25) is 4.68 Å². The summed E-state index contributed by atoms with van der Waals surface area (Å²) < 4.78 is 2.01. The third-order valence-electron chi connectivity index (χ3n) is 3.58. The van der Waals surface area contributed by atoms with Gasteiger partial charge in [0.15, 0.2) is 0 Å². The first-order chi connectivity index (χ1) is 8.91. The highest BCUT2D eigenvalue weighted by Gasteiger charge is 2.13. The highest BCUT2D eigenvalue weighted by molar-refractivity contribution is 5.28. The topological polar surface area (TPSA) is 43.8 Å². The number of hydrogen-bond donors (Lipinski definition) is 1. The van der Waals surface area contributed by atoms with Gasteiger partial charge in [-0.15, -0.1) is 0 Å². The monoisotopic (exact) mass is 257 g/mol. The first-order valence-electron chi connectivity index (χ1n) is 6.72. The zero-order chi connectivity index (χ0) is 14.0. The molecule has 2 aromatic rings. The van der Waals surface area contributed by atoms with Gasteiger partial charge < -0.3 is 5.73 Å². The van der Waals surface area contributed by atoms with Gasteiger partial charge in [0.2, 0.25) is 0 Å². The lowest BCUT2D eigenvalue weighted by Gasteiger charge is -2.19. The summed E-state index contributed by atoms with van der Waals surface area (Å²) in [6.07, 6.45) is 1.86. The van der Waals surface area contributed by atoms with E-state index in [2.05, 4.69) is 57.1 Å². The molecule has 2 N–H and O–H groups in total. The van der Waals surface area contributed by atoms with E-state index in [4.69, 9.17) is 5.73 Å². The van der Waals surface area contributed by atoms with Gasteiger partial charge >= 0.3 is 0 Å². The third kappa shape index (κ3) is 3.04. The molecule has 0 radical (unpaired) electrons. The second-order valence-electron chi connectivity index (χ2n) is 6.06. The predicted molar refractivity (Wildman–Crippen MR) is 79.1 cm³/mol. The van der Waals surface area contributed by atoms with Gasteiger partial charge in [0.1, 0.15) is 0 Å². The van der Waals surface area contributed by atoms with Crippen LogP contribution in [-0.2, 0) is 18.5 Å². The molecule has 0 aliphatic heterocycles. The molecule has 0 bridgehead atoms. The van der Waals surface area contributed by atoms with E-state index in [1.54, 1.807) is 0 Å². The summed E-state index contributed by atoms with van der Waals surface area (Å²) in [5.41, 5.74) is 10.8. The van der Waals surface area contributed by atoms with Crippen LogP contribution in [0.3, 0.4) is 0 Å². The fraction of sp³-hybridized carbons (Fsp3) is 0.438. The maximum Gasteiger partial charge on any atom is 0.0662 e. The lowest BCUT2D eigenvalue weighted by Crippen LogP contribution is -2.11. The van der Waals surface area contributed by atoms with Crippen LogP contribution >= 0.6 is 0 Å². The Hall–Kier alpha value is -1.61. The van der Waals surface area contributed by atoms with Crippen LogP contribution in [0.5, 0.6) is 0 Å². The average Bonchev–Trinajstić information content (AvgIpc) is 2.70. The Morgan fingerprint density at radius 2 is 1.79 bits per heavy atom. The number of nitrogens with two attached hydrogens (primary N) is 1. The van der Waals surface area contributed by atoms with Crippen LogP contribution in [0.25, 0.3) is 0 Å². The van der Waals surface area contributed by atoms with Crippen LogP contribution in [0.4, 0.5) is 0 Å². The molecule has 0 spiro atoms. The smallest absolute Gasteiger partial charge is 0.0662 e. The second kappa shape index (κ2) is 5.17. The zero-order valence-electron chi connectivity index (χ0n) is 12.3. The van der Waals surface area contributed by atoms with Crippen LogP contribution in [0, 0.1) is 6.92 Å². The maximum absolute atomic E-state index is 5.67. The molecule has 0 atom stereocenters. The summed E-state index contributed by atoms with van der Waals surface area (Å²) in [6, 6.07) is 8.78. The van der Waals surface area contributed by atoms with Crippen LogP contribution < -0.4 is 5.73 Å². The SMILES string of the molecule is Cc1c(CN)cnn1Cc1ccc(C(C)(C)C)cc1. The van der Waals surface area contributed by atoms with Crippen molar-refractivity contribution in [3.05, 3.63) is 52.8 Å². The van der Waals surface area contributed by atoms with Crippen LogP contribution in [0.15, 0.2) is 30.5 Å². The number of benzene rings is 1. The largest absolute Gasteiger partial charge is 0.326 e. The van der Waals surface area contributed by atoms with E-state index in [9.17, 15) is 0 Å². The van der Waals surface area contributed by atoms with Crippen LogP contribution in [0.2, 0.25) is 0 Å². The van der Waals surface area contributed by atoms with Gasteiger partial charge in [-0.2, -0.15) is 5.10 Å². The molecule has 0 unspecified atom stereocenters. The van der Waals surface area contributed by atoms with E-state index >= 15 is 0 Å². The summed E-state index contributed by atoms with van der Waals surface area (Å²) in [6.45, 7) is 10.1. The Bertz CT molecular complexity index is 544. The van der Waals surface area contributed by atoms with Gasteiger partial charge in [-0.25, -0.2) is 0 Å². The van der Waals surface area contributed by atoms with Crippen molar-refractivity contribution in [3.63, 3.8) is 0 Å². The molecule has 2 rings (SSSR count). The van der Waals surface area contributed by atoms with Crippen molar-refractivity contribution < 1.29 is 0 Å². The van der Waals surface area contributed by atoms with Crippen LogP contribution in [-0.4, -0.2) is 9.78 Å². The summed E-state index contributed by atoms with van der Waals surface area (Å²) >= 11 is 0. The molecule has 102 valence electrons. The Morgan fingerprint density at radius 1 is 1.16 bits per heavy atom. The van der Waals surface area contributed by atoms with E-state index in [0.29, 0.717) is 6.54 Å². The van der Waals surface area contributed by atoms with E-state index in [1.165, 1.54) is 11.1 Å². The Labute approximate surface area is 115 Å². The van der Waals surface area contributed by atoms with Crippen molar-refractivity contribution in [2.45, 2.75) is 46.2 Å². The predicted octanol–water partition coefficient (Wildman–Crippen LogP) is 3.00. The zero-order valence-corrected chi connectivity index (χ0v) is 12.3. The van der Waals surface area contributed by atoms with Gasteiger partial charge in [0.05, 0.1) is 12.7 Å². The van der Waals surface area contributed by atoms with E-state index in [1.807, 2.05) is 10.9 Å². The molecular weight excluding hydrogens is 234 g/mol. The standard InChI is InChI=1S/C16H23N3/c1-12-14(9-17)10-18-19(12)11-13-5-7-15(8-6-13)16(2,3)4/h5-8,10H,9,11,17H2,1-4H3. The number of rotatable bonds is 3. The van der Waals surface area contributed by atoms with Gasteiger partial charge in [0.25, 0.3) is 0 Å². The molecule has 0 fully saturated rings. The third-order valence-corrected chi connectivity index (χ3v) is 3.58. The van der Waals surface area contributed by atoms with E-state index in [-0.39, 0.29) is 5.41 Å². The van der Waals surface area contributed by atoms with Crippen molar-refractivity contribution in [1.82, 2.24) is 9.78 Å². The highest BCUT2D eigenvalue weighted by Crippen LogP contribution is 2.22. The fourth-order valence-electron chi connectivity index (χ4n) is 2.13. The molecule has 0 amide bonds. The van der Waals surface area contributed by atoms with Gasteiger partial charge in [-0.1, -0.05) is 45.0 Å². The quantitative estimate of drug-likeness (QED) is 0.918.